The molecule has 0 heterocycles. The number of rotatable bonds is 4. The van der Waals surface area contributed by atoms with Gasteiger partial charge in [0, 0.05) is 5.92 Å². The van der Waals surface area contributed by atoms with Crippen LogP contribution in [0.4, 0.5) is 0 Å². The summed E-state index contributed by atoms with van der Waals surface area (Å²) in [7, 11) is 0. The summed E-state index contributed by atoms with van der Waals surface area (Å²) in [5, 5.41) is 0. The second-order valence-electron chi connectivity index (χ2n) is 2.91. The number of esters is 1. The molecule has 0 aromatic rings. The summed E-state index contributed by atoms with van der Waals surface area (Å²) in [5.74, 6) is -0.757. The lowest BCUT2D eigenvalue weighted by atomic mass is 10.1. The molecule has 1 fully saturated rings. The summed E-state index contributed by atoms with van der Waals surface area (Å²) in [5.41, 5.74) is 5.36. The molecule has 0 aromatic carbocycles. The molecular formula is C8H14ClNO3. The number of carbonyl (C=O) groups excluding carboxylic acids is 2. The van der Waals surface area contributed by atoms with Crippen LogP contribution in [0.1, 0.15) is 19.8 Å². The van der Waals surface area contributed by atoms with Crippen molar-refractivity contribution in [2.24, 2.45) is 11.7 Å². The Kier molecular flexibility index (Phi) is 4.95. The van der Waals surface area contributed by atoms with Gasteiger partial charge in [-0.2, -0.15) is 0 Å². The lowest BCUT2D eigenvalue weighted by molar-refractivity contribution is -0.147. The van der Waals surface area contributed by atoms with Gasteiger partial charge in [0.05, 0.1) is 6.61 Å². The van der Waals surface area contributed by atoms with Crippen molar-refractivity contribution in [2.45, 2.75) is 25.8 Å². The van der Waals surface area contributed by atoms with E-state index in [4.69, 9.17) is 5.73 Å². The normalized spacial score (nSPS) is 17.1. The van der Waals surface area contributed by atoms with E-state index in [1.54, 1.807) is 6.92 Å². The van der Waals surface area contributed by atoms with Crippen LogP contribution in [0.15, 0.2) is 0 Å². The van der Waals surface area contributed by atoms with Gasteiger partial charge >= 0.3 is 5.97 Å². The number of nitrogens with two attached hydrogens (primary N) is 1. The van der Waals surface area contributed by atoms with Crippen molar-refractivity contribution < 1.29 is 14.3 Å². The minimum absolute atomic E-state index is 0. The Labute approximate surface area is 83.2 Å². The molecule has 1 atom stereocenters. The van der Waals surface area contributed by atoms with E-state index in [1.165, 1.54) is 0 Å². The standard InChI is InChI=1S/C8H13NO3.ClH/c1-2-12-8(11)6(9)7(10)5-3-4-5;/h5-6H,2-4,9H2,1H3;1H. The third-order valence-corrected chi connectivity index (χ3v) is 1.83. The van der Waals surface area contributed by atoms with E-state index in [-0.39, 0.29) is 30.7 Å². The second-order valence-corrected chi connectivity index (χ2v) is 2.91. The predicted octanol–water partition coefficient (Wildman–Crippen LogP) is 0.278. The fraction of sp³-hybridized carbons (Fsp3) is 0.750. The van der Waals surface area contributed by atoms with Gasteiger partial charge in [-0.05, 0) is 19.8 Å². The molecule has 1 aliphatic rings. The predicted molar refractivity (Wildman–Crippen MR) is 49.6 cm³/mol. The van der Waals surface area contributed by atoms with E-state index < -0.39 is 12.0 Å². The largest absolute Gasteiger partial charge is 0.464 e. The van der Waals surface area contributed by atoms with E-state index >= 15 is 0 Å². The molecular weight excluding hydrogens is 194 g/mol. The van der Waals surface area contributed by atoms with Gasteiger partial charge in [-0.1, -0.05) is 0 Å². The van der Waals surface area contributed by atoms with Gasteiger partial charge in [0.25, 0.3) is 0 Å². The Morgan fingerprint density at radius 1 is 1.54 bits per heavy atom. The van der Waals surface area contributed by atoms with E-state index in [2.05, 4.69) is 4.74 Å². The van der Waals surface area contributed by atoms with E-state index in [0.29, 0.717) is 0 Å². The molecule has 4 nitrogen and oxygen atoms in total. The highest BCUT2D eigenvalue weighted by Crippen LogP contribution is 2.30. The first-order chi connectivity index (χ1) is 5.66. The molecule has 0 saturated heterocycles. The fourth-order valence-electron chi connectivity index (χ4n) is 0.970. The second kappa shape index (κ2) is 5.19. The summed E-state index contributed by atoms with van der Waals surface area (Å²) in [4.78, 5) is 22.1. The molecule has 13 heavy (non-hydrogen) atoms. The van der Waals surface area contributed by atoms with E-state index in [9.17, 15) is 9.59 Å². The number of carbonyl (C=O) groups is 2. The lowest BCUT2D eigenvalue weighted by Crippen LogP contribution is -2.40. The highest BCUT2D eigenvalue weighted by molar-refractivity contribution is 6.04. The van der Waals surface area contributed by atoms with Crippen molar-refractivity contribution in [3.63, 3.8) is 0 Å². The monoisotopic (exact) mass is 207 g/mol. The van der Waals surface area contributed by atoms with Crippen molar-refractivity contribution in [1.82, 2.24) is 0 Å². The molecule has 0 spiro atoms. The number of ketones is 1. The average Bonchev–Trinajstić information content (AvgIpc) is 2.84. The van der Waals surface area contributed by atoms with Crippen LogP contribution in [0.5, 0.6) is 0 Å². The third kappa shape index (κ3) is 3.32. The Balaban J connectivity index is 0.00000144. The topological polar surface area (TPSA) is 69.4 Å². The maximum atomic E-state index is 11.2. The summed E-state index contributed by atoms with van der Waals surface area (Å²) in [6.45, 7) is 1.96. The van der Waals surface area contributed by atoms with Gasteiger partial charge in [-0.25, -0.2) is 4.79 Å². The molecule has 0 amide bonds. The molecule has 1 unspecified atom stereocenters. The van der Waals surface area contributed by atoms with Crippen molar-refractivity contribution in [1.29, 1.82) is 0 Å². The van der Waals surface area contributed by atoms with Crippen LogP contribution in [-0.4, -0.2) is 24.4 Å². The Hall–Kier alpha value is -0.610. The summed E-state index contributed by atoms with van der Waals surface area (Å²) in [6, 6.07) is -1.06. The maximum Gasteiger partial charge on any atom is 0.330 e. The molecule has 1 saturated carbocycles. The summed E-state index contributed by atoms with van der Waals surface area (Å²) in [6.07, 6.45) is 1.73. The van der Waals surface area contributed by atoms with Crippen molar-refractivity contribution in [3.05, 3.63) is 0 Å². The first-order valence-corrected chi connectivity index (χ1v) is 4.12. The lowest BCUT2D eigenvalue weighted by Gasteiger charge is -2.07. The molecule has 0 bridgehead atoms. The molecule has 0 aliphatic heterocycles. The van der Waals surface area contributed by atoms with Gasteiger partial charge in [-0.15, -0.1) is 12.4 Å². The fourth-order valence-corrected chi connectivity index (χ4v) is 0.970. The number of hydrogen-bond acceptors (Lipinski definition) is 4. The van der Waals surface area contributed by atoms with Crippen LogP contribution in [0.3, 0.4) is 0 Å². The van der Waals surface area contributed by atoms with Crippen molar-refractivity contribution in [3.8, 4) is 0 Å². The first-order valence-electron chi connectivity index (χ1n) is 4.12. The smallest absolute Gasteiger partial charge is 0.330 e. The van der Waals surface area contributed by atoms with Crippen molar-refractivity contribution in [2.75, 3.05) is 6.61 Å². The van der Waals surface area contributed by atoms with Crippen LogP contribution in [-0.2, 0) is 14.3 Å². The van der Waals surface area contributed by atoms with Crippen molar-refractivity contribution >= 4 is 24.2 Å². The number of Topliss-reactive ketones (excluding diaryl/α,β-unsaturated/α-hetero) is 1. The number of halogens is 1. The van der Waals surface area contributed by atoms with Crippen LogP contribution < -0.4 is 5.73 Å². The van der Waals surface area contributed by atoms with E-state index in [1.807, 2.05) is 0 Å². The Morgan fingerprint density at radius 2 is 2.08 bits per heavy atom. The van der Waals surface area contributed by atoms with Crippen LogP contribution in [0, 0.1) is 5.92 Å². The van der Waals surface area contributed by atoms with Gasteiger partial charge in [0.2, 0.25) is 0 Å². The Bertz CT molecular complexity index is 204. The zero-order valence-electron chi connectivity index (χ0n) is 7.49. The Morgan fingerprint density at radius 3 is 2.46 bits per heavy atom. The molecule has 2 N–H and O–H groups in total. The quantitative estimate of drug-likeness (QED) is 0.531. The SMILES string of the molecule is CCOC(=O)C(N)C(=O)C1CC1.Cl. The number of hydrogen-bond donors (Lipinski definition) is 1. The molecule has 1 aliphatic carbocycles. The van der Waals surface area contributed by atoms with Crippen LogP contribution in [0.2, 0.25) is 0 Å². The van der Waals surface area contributed by atoms with Crippen LogP contribution >= 0.6 is 12.4 Å². The highest BCUT2D eigenvalue weighted by Gasteiger charge is 2.36. The minimum Gasteiger partial charge on any atom is -0.464 e. The highest BCUT2D eigenvalue weighted by atomic mass is 35.5. The van der Waals surface area contributed by atoms with Gasteiger partial charge < -0.3 is 10.5 Å². The zero-order chi connectivity index (χ0) is 9.14. The summed E-state index contributed by atoms with van der Waals surface area (Å²) < 4.78 is 4.62. The minimum atomic E-state index is -1.06. The molecule has 76 valence electrons. The molecule has 0 radical (unpaired) electrons. The molecule has 5 heteroatoms. The first kappa shape index (κ1) is 12.4. The van der Waals surface area contributed by atoms with Gasteiger partial charge in [0.15, 0.2) is 11.8 Å². The number of ether oxygens (including phenoxy) is 1. The average molecular weight is 208 g/mol. The zero-order valence-corrected chi connectivity index (χ0v) is 8.30. The van der Waals surface area contributed by atoms with Gasteiger partial charge in [-0.3, -0.25) is 4.79 Å². The van der Waals surface area contributed by atoms with E-state index in [0.717, 1.165) is 12.8 Å². The maximum absolute atomic E-state index is 11.2. The van der Waals surface area contributed by atoms with Gasteiger partial charge in [0.1, 0.15) is 0 Å². The molecule has 1 rings (SSSR count). The van der Waals surface area contributed by atoms with Crippen LogP contribution in [0.25, 0.3) is 0 Å². The summed E-state index contributed by atoms with van der Waals surface area (Å²) >= 11 is 0. The molecule has 0 aromatic heterocycles. The third-order valence-electron chi connectivity index (χ3n) is 1.83.